The molecule has 1 aliphatic carbocycles. The predicted octanol–water partition coefficient (Wildman–Crippen LogP) is 4.52. The summed E-state index contributed by atoms with van der Waals surface area (Å²) in [6.45, 7) is 9.04. The Balaban J connectivity index is 1.33. The Bertz CT molecular complexity index is 1650. The number of carbonyl (C=O) groups excluding carboxylic acids is 4. The van der Waals surface area contributed by atoms with E-state index in [1.165, 1.54) is 0 Å². The highest BCUT2D eigenvalue weighted by Crippen LogP contribution is 2.40. The van der Waals surface area contributed by atoms with Gasteiger partial charge in [-0.15, -0.1) is 0 Å². The minimum atomic E-state index is -1.62. The van der Waals surface area contributed by atoms with Crippen LogP contribution in [0.2, 0.25) is 0 Å². The second-order valence-corrected chi connectivity index (χ2v) is 15.2. The molecule has 1 saturated carbocycles. The quantitative estimate of drug-likeness (QED) is 0.222. The molecule has 0 unspecified atom stereocenters. The predicted molar refractivity (Wildman–Crippen MR) is 193 cm³/mol. The molecule has 0 aromatic heterocycles. The maximum absolute atomic E-state index is 14.3. The topological polar surface area (TPSA) is 137 Å². The van der Waals surface area contributed by atoms with Crippen molar-refractivity contribution in [1.29, 1.82) is 0 Å². The lowest BCUT2D eigenvalue weighted by atomic mass is 9.84. The third kappa shape index (κ3) is 9.01. The Labute approximate surface area is 295 Å². The van der Waals surface area contributed by atoms with Gasteiger partial charge in [-0.3, -0.25) is 19.2 Å². The standard InChI is InChI=1S/C40H52N4O6/c1-25(2)35(42-34(45)24-50-33-21-13-18-27-16-9-11-19-29(27)33)38(48)41-30(22-26-14-7-6-8-15-26)36(46)39(49)44-31-20-12-10-17-28(31)23-32(44)37(47)43-40(3,4)5/h6-9,11,13-16,18-19,21,25,28,30-32,35-36,46H,10,12,17,20,22-24H2,1-5H3,(H,41,48)(H,42,45)(H,43,47)/t28-,30-,31-,32-,35-,36-/m0/s1. The monoisotopic (exact) mass is 684 g/mol. The van der Waals surface area contributed by atoms with Crippen molar-refractivity contribution in [3.8, 4) is 5.75 Å². The van der Waals surface area contributed by atoms with Gasteiger partial charge in [0.2, 0.25) is 11.8 Å². The molecule has 4 N–H and O–H groups in total. The fourth-order valence-corrected chi connectivity index (χ4v) is 7.39. The maximum Gasteiger partial charge on any atom is 0.258 e. The number of hydrogen-bond donors (Lipinski definition) is 4. The first-order chi connectivity index (χ1) is 23.8. The highest BCUT2D eigenvalue weighted by atomic mass is 16.5. The molecule has 2 aliphatic rings. The van der Waals surface area contributed by atoms with Crippen molar-refractivity contribution in [1.82, 2.24) is 20.9 Å². The molecule has 0 radical (unpaired) electrons. The average Bonchev–Trinajstić information content (AvgIpc) is 3.48. The number of likely N-dealkylation sites (tertiary alicyclic amines) is 1. The highest BCUT2D eigenvalue weighted by molar-refractivity contribution is 5.93. The van der Waals surface area contributed by atoms with Crippen LogP contribution in [0, 0.1) is 11.8 Å². The van der Waals surface area contributed by atoms with Crippen molar-refractivity contribution in [2.24, 2.45) is 11.8 Å². The van der Waals surface area contributed by atoms with Crippen LogP contribution >= 0.6 is 0 Å². The van der Waals surface area contributed by atoms with Gasteiger partial charge in [0.15, 0.2) is 12.7 Å². The summed E-state index contributed by atoms with van der Waals surface area (Å²) in [6.07, 6.45) is 2.77. The number of rotatable bonds is 12. The van der Waals surface area contributed by atoms with E-state index in [4.69, 9.17) is 4.74 Å². The molecule has 10 nitrogen and oxygen atoms in total. The molecule has 4 amide bonds. The van der Waals surface area contributed by atoms with E-state index in [0.29, 0.717) is 12.2 Å². The third-order valence-electron chi connectivity index (χ3n) is 9.78. The Morgan fingerprint density at radius 1 is 0.900 bits per heavy atom. The molecule has 1 heterocycles. The van der Waals surface area contributed by atoms with Crippen molar-refractivity contribution in [3.05, 3.63) is 78.4 Å². The largest absolute Gasteiger partial charge is 0.483 e. The Morgan fingerprint density at radius 2 is 1.58 bits per heavy atom. The smallest absolute Gasteiger partial charge is 0.258 e. The number of ether oxygens (including phenoxy) is 1. The average molecular weight is 685 g/mol. The van der Waals surface area contributed by atoms with Crippen LogP contribution in [0.15, 0.2) is 72.8 Å². The molecule has 10 heteroatoms. The number of carbonyl (C=O) groups is 4. The van der Waals surface area contributed by atoms with Gasteiger partial charge < -0.3 is 30.7 Å². The fraction of sp³-hybridized carbons (Fsp3) is 0.500. The van der Waals surface area contributed by atoms with Crippen molar-refractivity contribution in [2.45, 2.75) is 109 Å². The van der Waals surface area contributed by atoms with Crippen molar-refractivity contribution < 1.29 is 29.0 Å². The SMILES string of the molecule is CC(C)[C@H](NC(=O)COc1cccc2ccccc12)C(=O)N[C@@H](Cc1ccccc1)[C@H](O)C(=O)N1[C@H](C(=O)NC(C)(C)C)C[C@@H]2CCCC[C@@H]21. The molecular weight excluding hydrogens is 632 g/mol. The number of amides is 4. The molecule has 0 spiro atoms. The molecule has 0 bridgehead atoms. The summed E-state index contributed by atoms with van der Waals surface area (Å²) in [6, 6.07) is 19.8. The second-order valence-electron chi connectivity index (χ2n) is 15.2. The first-order valence-electron chi connectivity index (χ1n) is 17.9. The summed E-state index contributed by atoms with van der Waals surface area (Å²) in [5.74, 6) is -1.37. The van der Waals surface area contributed by atoms with Crippen LogP contribution in [0.5, 0.6) is 5.75 Å². The summed E-state index contributed by atoms with van der Waals surface area (Å²) >= 11 is 0. The first kappa shape index (κ1) is 36.8. The lowest BCUT2D eigenvalue weighted by molar-refractivity contribution is -0.150. The van der Waals surface area contributed by atoms with E-state index >= 15 is 0 Å². The van der Waals surface area contributed by atoms with E-state index in [2.05, 4.69) is 16.0 Å². The molecule has 2 fully saturated rings. The van der Waals surface area contributed by atoms with Crippen LogP contribution in [0.25, 0.3) is 10.8 Å². The molecule has 1 saturated heterocycles. The van der Waals surface area contributed by atoms with Gasteiger partial charge in [0.05, 0.1) is 6.04 Å². The summed E-state index contributed by atoms with van der Waals surface area (Å²) < 4.78 is 5.86. The van der Waals surface area contributed by atoms with Crippen LogP contribution < -0.4 is 20.7 Å². The zero-order valence-corrected chi connectivity index (χ0v) is 29.9. The van der Waals surface area contributed by atoms with Gasteiger partial charge in [-0.05, 0) is 75.3 Å². The van der Waals surface area contributed by atoms with Gasteiger partial charge in [0, 0.05) is 17.0 Å². The number of benzene rings is 3. The fourth-order valence-electron chi connectivity index (χ4n) is 7.39. The minimum absolute atomic E-state index is 0.154. The first-order valence-corrected chi connectivity index (χ1v) is 17.9. The molecule has 5 rings (SSSR count). The normalized spacial score (nSPS) is 20.8. The third-order valence-corrected chi connectivity index (χ3v) is 9.78. The Morgan fingerprint density at radius 3 is 2.30 bits per heavy atom. The van der Waals surface area contributed by atoms with Crippen molar-refractivity contribution >= 4 is 34.4 Å². The van der Waals surface area contributed by atoms with Gasteiger partial charge in [0.1, 0.15) is 17.8 Å². The van der Waals surface area contributed by atoms with Crippen LogP contribution in [0.3, 0.4) is 0 Å². The van der Waals surface area contributed by atoms with E-state index in [9.17, 15) is 24.3 Å². The van der Waals surface area contributed by atoms with Crippen molar-refractivity contribution in [2.75, 3.05) is 6.61 Å². The zero-order valence-electron chi connectivity index (χ0n) is 29.9. The van der Waals surface area contributed by atoms with E-state index < -0.39 is 47.5 Å². The number of aliphatic hydroxyl groups is 1. The second kappa shape index (κ2) is 16.1. The molecule has 3 aromatic rings. The molecule has 3 aromatic carbocycles. The molecule has 268 valence electrons. The summed E-state index contributed by atoms with van der Waals surface area (Å²) in [5.41, 5.74) is 0.329. The number of hydrogen-bond acceptors (Lipinski definition) is 6. The summed E-state index contributed by atoms with van der Waals surface area (Å²) in [7, 11) is 0. The number of nitrogens with one attached hydrogen (secondary N) is 3. The summed E-state index contributed by atoms with van der Waals surface area (Å²) in [4.78, 5) is 56.5. The van der Waals surface area contributed by atoms with E-state index in [1.54, 1.807) is 11.0 Å². The van der Waals surface area contributed by atoms with Gasteiger partial charge in [-0.25, -0.2) is 0 Å². The Hall–Kier alpha value is -4.44. The lowest BCUT2D eigenvalue weighted by Crippen LogP contribution is -2.61. The van der Waals surface area contributed by atoms with E-state index in [0.717, 1.165) is 42.0 Å². The number of nitrogens with zero attached hydrogens (tertiary/aromatic N) is 1. The molecule has 1 aliphatic heterocycles. The minimum Gasteiger partial charge on any atom is -0.483 e. The van der Waals surface area contributed by atoms with Crippen LogP contribution in [0.4, 0.5) is 0 Å². The number of fused-ring (bicyclic) bond motifs is 2. The van der Waals surface area contributed by atoms with Crippen LogP contribution in [-0.4, -0.2) is 76.1 Å². The molecule has 50 heavy (non-hydrogen) atoms. The number of aliphatic hydroxyl groups excluding tert-OH is 1. The van der Waals surface area contributed by atoms with Crippen molar-refractivity contribution in [3.63, 3.8) is 0 Å². The maximum atomic E-state index is 14.3. The van der Waals surface area contributed by atoms with Crippen LogP contribution in [-0.2, 0) is 25.6 Å². The van der Waals surface area contributed by atoms with Gasteiger partial charge in [-0.2, -0.15) is 0 Å². The van der Waals surface area contributed by atoms with Gasteiger partial charge >= 0.3 is 0 Å². The van der Waals surface area contributed by atoms with E-state index in [1.807, 2.05) is 101 Å². The molecule has 6 atom stereocenters. The van der Waals surface area contributed by atoms with E-state index in [-0.39, 0.29) is 36.8 Å². The summed E-state index contributed by atoms with van der Waals surface area (Å²) in [5, 5.41) is 22.4. The molecular formula is C40H52N4O6. The van der Waals surface area contributed by atoms with Crippen LogP contribution in [0.1, 0.15) is 72.3 Å². The Kier molecular flexibility index (Phi) is 11.8. The lowest BCUT2D eigenvalue weighted by Gasteiger charge is -2.37. The van der Waals surface area contributed by atoms with Gasteiger partial charge in [0.25, 0.3) is 11.8 Å². The highest BCUT2D eigenvalue weighted by Gasteiger charge is 2.50. The zero-order chi connectivity index (χ0) is 36.0. The van der Waals surface area contributed by atoms with Gasteiger partial charge in [-0.1, -0.05) is 93.4 Å².